The highest BCUT2D eigenvalue weighted by atomic mass is 35.5. The van der Waals surface area contributed by atoms with Crippen molar-refractivity contribution >= 4 is 24.0 Å². The van der Waals surface area contributed by atoms with E-state index < -0.39 is 0 Å². The summed E-state index contributed by atoms with van der Waals surface area (Å²) in [6.07, 6.45) is 0.447. The maximum absolute atomic E-state index is 9.75. The van der Waals surface area contributed by atoms with Crippen molar-refractivity contribution in [3.63, 3.8) is 0 Å². The van der Waals surface area contributed by atoms with Gasteiger partial charge in [0.25, 0.3) is 0 Å². The number of hydrogen-bond donors (Lipinski definition) is 2. The average molecular weight is 412 g/mol. The molecule has 0 amide bonds. The number of benzene rings is 2. The van der Waals surface area contributed by atoms with Crippen LogP contribution in [0.15, 0.2) is 48.5 Å². The Morgan fingerprint density at radius 1 is 1.15 bits per heavy atom. The number of halogens is 2. The van der Waals surface area contributed by atoms with Crippen LogP contribution >= 0.6 is 24.0 Å². The summed E-state index contributed by atoms with van der Waals surface area (Å²) < 4.78 is 12.0. The molecule has 1 fully saturated rings. The van der Waals surface area contributed by atoms with Gasteiger partial charge in [-0.3, -0.25) is 0 Å². The van der Waals surface area contributed by atoms with Crippen molar-refractivity contribution < 1.29 is 14.6 Å². The summed E-state index contributed by atoms with van der Waals surface area (Å²) in [4.78, 5) is 0. The summed E-state index contributed by atoms with van der Waals surface area (Å²) in [5, 5.41) is 13.7. The van der Waals surface area contributed by atoms with Crippen LogP contribution in [0.5, 0.6) is 11.5 Å². The smallest absolute Gasteiger partial charge is 0.138 e. The van der Waals surface area contributed by atoms with Gasteiger partial charge in [0.1, 0.15) is 23.7 Å². The van der Waals surface area contributed by atoms with E-state index in [-0.39, 0.29) is 37.3 Å². The highest BCUT2D eigenvalue weighted by Gasteiger charge is 2.33. The van der Waals surface area contributed by atoms with E-state index in [4.69, 9.17) is 21.1 Å². The number of ether oxygens (including phenoxy) is 2. The van der Waals surface area contributed by atoms with Crippen molar-refractivity contribution in [2.24, 2.45) is 0 Å². The van der Waals surface area contributed by atoms with E-state index in [1.165, 1.54) is 5.56 Å². The predicted molar refractivity (Wildman–Crippen MR) is 112 cm³/mol. The molecule has 4 nitrogen and oxygen atoms in total. The van der Waals surface area contributed by atoms with Crippen LogP contribution in [0.4, 0.5) is 0 Å². The van der Waals surface area contributed by atoms with Crippen molar-refractivity contribution in [2.45, 2.75) is 44.4 Å². The maximum atomic E-state index is 9.75. The lowest BCUT2D eigenvalue weighted by Gasteiger charge is -2.23. The van der Waals surface area contributed by atoms with E-state index >= 15 is 0 Å². The molecular formula is C21H27Cl2NO3. The monoisotopic (exact) mass is 411 g/mol. The van der Waals surface area contributed by atoms with Crippen LogP contribution in [0.2, 0.25) is 5.02 Å². The molecule has 6 heteroatoms. The fourth-order valence-corrected chi connectivity index (χ4v) is 3.36. The van der Waals surface area contributed by atoms with Gasteiger partial charge in [-0.1, -0.05) is 49.7 Å². The number of hydrogen-bond acceptors (Lipinski definition) is 4. The van der Waals surface area contributed by atoms with Gasteiger partial charge in [-0.05, 0) is 35.7 Å². The van der Waals surface area contributed by atoms with Crippen LogP contribution in [0.25, 0.3) is 0 Å². The summed E-state index contributed by atoms with van der Waals surface area (Å²) in [7, 11) is 0. The Morgan fingerprint density at radius 2 is 1.85 bits per heavy atom. The summed E-state index contributed by atoms with van der Waals surface area (Å²) >= 11 is 6.15. The Labute approximate surface area is 172 Å². The molecule has 2 aromatic rings. The molecule has 0 spiro atoms. The Hall–Kier alpha value is -1.46. The molecule has 3 atom stereocenters. The van der Waals surface area contributed by atoms with Gasteiger partial charge >= 0.3 is 0 Å². The summed E-state index contributed by atoms with van der Waals surface area (Å²) in [5.41, 5.74) is 1.30. The van der Waals surface area contributed by atoms with Gasteiger partial charge in [-0.15, -0.1) is 12.4 Å². The first kappa shape index (κ1) is 21.8. The molecule has 0 bridgehead atoms. The van der Waals surface area contributed by atoms with Crippen LogP contribution in [-0.2, 0) is 0 Å². The molecule has 2 aromatic carbocycles. The minimum Gasteiger partial charge on any atom is -0.489 e. The topological polar surface area (TPSA) is 50.7 Å². The molecule has 1 unspecified atom stereocenters. The first-order chi connectivity index (χ1) is 12.6. The molecule has 0 aliphatic carbocycles. The molecule has 148 valence electrons. The van der Waals surface area contributed by atoms with Gasteiger partial charge < -0.3 is 19.9 Å². The standard InChI is InChI=1S/C21H26ClNO3.ClH/c1-14(2)15-7-9-16(10-8-15)25-17-11-19(23-12-17)21(13-24)26-20-6-4-3-5-18(20)22;/h3-10,14,17,19,21,23-24H,11-13H2,1-2H3;1H/t17-,19+,21?;/m1./s1. The van der Waals surface area contributed by atoms with Crippen molar-refractivity contribution in [1.82, 2.24) is 5.32 Å². The van der Waals surface area contributed by atoms with Crippen LogP contribution in [0, 0.1) is 0 Å². The summed E-state index contributed by atoms with van der Waals surface area (Å²) in [5.74, 6) is 1.96. The van der Waals surface area contributed by atoms with Crippen LogP contribution in [0.1, 0.15) is 31.7 Å². The zero-order valence-electron chi connectivity index (χ0n) is 15.6. The molecule has 1 aliphatic rings. The van der Waals surface area contributed by atoms with Gasteiger partial charge in [0.05, 0.1) is 11.6 Å². The van der Waals surface area contributed by atoms with E-state index in [2.05, 4.69) is 31.3 Å². The maximum Gasteiger partial charge on any atom is 0.138 e. The molecule has 1 saturated heterocycles. The van der Waals surface area contributed by atoms with Crippen molar-refractivity contribution in [3.8, 4) is 11.5 Å². The lowest BCUT2D eigenvalue weighted by molar-refractivity contribution is 0.0849. The number of nitrogens with one attached hydrogen (secondary N) is 1. The van der Waals surface area contributed by atoms with Gasteiger partial charge in [0, 0.05) is 19.0 Å². The molecule has 0 aromatic heterocycles. The first-order valence-electron chi connectivity index (χ1n) is 9.09. The van der Waals surface area contributed by atoms with E-state index in [1.807, 2.05) is 30.3 Å². The molecular weight excluding hydrogens is 385 g/mol. The minimum atomic E-state index is -0.369. The van der Waals surface area contributed by atoms with E-state index in [0.717, 1.165) is 18.7 Å². The summed E-state index contributed by atoms with van der Waals surface area (Å²) in [6.45, 7) is 4.99. The van der Waals surface area contributed by atoms with Crippen LogP contribution in [0.3, 0.4) is 0 Å². The van der Waals surface area contributed by atoms with E-state index in [1.54, 1.807) is 6.07 Å². The third kappa shape index (κ3) is 5.76. The normalized spacial score (nSPS) is 20.2. The predicted octanol–water partition coefficient (Wildman–Crippen LogP) is 4.43. The molecule has 1 aliphatic heterocycles. The Kier molecular flexibility index (Phi) is 8.24. The van der Waals surface area contributed by atoms with Gasteiger partial charge in [0.2, 0.25) is 0 Å². The van der Waals surface area contributed by atoms with E-state index in [9.17, 15) is 5.11 Å². The Balaban J connectivity index is 0.00000261. The van der Waals surface area contributed by atoms with Gasteiger partial charge in [-0.2, -0.15) is 0 Å². The van der Waals surface area contributed by atoms with Crippen molar-refractivity contribution in [3.05, 3.63) is 59.1 Å². The molecule has 0 saturated carbocycles. The van der Waals surface area contributed by atoms with Crippen LogP contribution < -0.4 is 14.8 Å². The van der Waals surface area contributed by atoms with Crippen LogP contribution in [-0.4, -0.2) is 36.5 Å². The fraction of sp³-hybridized carbons (Fsp3) is 0.429. The highest BCUT2D eigenvalue weighted by molar-refractivity contribution is 6.32. The molecule has 2 N–H and O–H groups in total. The minimum absolute atomic E-state index is 0. The van der Waals surface area contributed by atoms with Gasteiger partial charge in [-0.25, -0.2) is 0 Å². The largest absolute Gasteiger partial charge is 0.489 e. The second-order valence-electron chi connectivity index (χ2n) is 6.98. The number of para-hydroxylation sites is 1. The summed E-state index contributed by atoms with van der Waals surface area (Å²) in [6, 6.07) is 15.6. The third-order valence-corrected chi connectivity index (χ3v) is 5.03. The van der Waals surface area contributed by atoms with Crippen molar-refractivity contribution in [1.29, 1.82) is 0 Å². The Morgan fingerprint density at radius 3 is 2.48 bits per heavy atom. The molecule has 0 radical (unpaired) electrons. The molecule has 1 heterocycles. The first-order valence-corrected chi connectivity index (χ1v) is 9.46. The van der Waals surface area contributed by atoms with Crippen molar-refractivity contribution in [2.75, 3.05) is 13.2 Å². The molecule has 27 heavy (non-hydrogen) atoms. The number of aliphatic hydroxyl groups is 1. The quantitative estimate of drug-likeness (QED) is 0.706. The third-order valence-electron chi connectivity index (χ3n) is 4.72. The lowest BCUT2D eigenvalue weighted by Crippen LogP contribution is -2.41. The molecule has 3 rings (SSSR count). The van der Waals surface area contributed by atoms with E-state index in [0.29, 0.717) is 16.7 Å². The average Bonchev–Trinajstić information content (AvgIpc) is 3.10. The number of rotatable bonds is 7. The lowest BCUT2D eigenvalue weighted by atomic mass is 10.0. The second-order valence-corrected chi connectivity index (χ2v) is 7.39. The number of aliphatic hydroxyl groups excluding tert-OH is 1. The van der Waals surface area contributed by atoms with Gasteiger partial charge in [0.15, 0.2) is 0 Å². The zero-order valence-corrected chi connectivity index (χ0v) is 17.2. The fourth-order valence-electron chi connectivity index (χ4n) is 3.18. The second kappa shape index (κ2) is 10.2. The Bertz CT molecular complexity index is 709. The SMILES string of the molecule is CC(C)c1ccc(O[C@H]2CN[C@H](C(CO)Oc3ccccc3Cl)C2)cc1.Cl. The zero-order chi connectivity index (χ0) is 18.5. The highest BCUT2D eigenvalue weighted by Crippen LogP contribution is 2.27.